The van der Waals surface area contributed by atoms with Crippen LogP contribution in [0.5, 0.6) is 0 Å². The summed E-state index contributed by atoms with van der Waals surface area (Å²) in [5.74, 6) is 0. The Morgan fingerprint density at radius 2 is 0.815 bits per heavy atom. The molecule has 0 amide bonds. The molecule has 164 valence electrons. The first kappa shape index (κ1) is 33.5. The molecule has 7 heteroatoms. The molecule has 0 heterocycles. The van der Waals surface area contributed by atoms with Crippen molar-refractivity contribution in [3.63, 3.8) is 0 Å². The quantitative estimate of drug-likeness (QED) is 0.270. The summed E-state index contributed by atoms with van der Waals surface area (Å²) in [4.78, 5) is 0. The van der Waals surface area contributed by atoms with Crippen LogP contribution in [0.1, 0.15) is 51.4 Å². The number of hydrogen-bond donors (Lipinski definition) is 0. The summed E-state index contributed by atoms with van der Waals surface area (Å²) in [6.07, 6.45) is 11.9. The summed E-state index contributed by atoms with van der Waals surface area (Å²) in [6.45, 7) is 10.0. The van der Waals surface area contributed by atoms with Crippen molar-refractivity contribution >= 4 is 33.5 Å². The van der Waals surface area contributed by atoms with Gasteiger partial charge < -0.3 is 24.0 Å². The van der Waals surface area contributed by atoms with E-state index in [9.17, 15) is 0 Å². The molecule has 0 aliphatic heterocycles. The molecule has 0 unspecified atom stereocenters. The Labute approximate surface area is 194 Å². The van der Waals surface area contributed by atoms with Crippen molar-refractivity contribution in [2.75, 3.05) is 28.2 Å². The average molecular weight is 535 g/mol. The Hall–Kier alpha value is 1.82. The first-order valence-electron chi connectivity index (χ1n) is 9.82. The number of nitrogens with zero attached hydrogens (tertiary/aromatic N) is 2. The molecule has 0 saturated heterocycles. The van der Waals surface area contributed by atoms with E-state index in [-0.39, 0.29) is 14.9 Å². The third-order valence-corrected chi connectivity index (χ3v) is 16.8. The second-order valence-corrected chi connectivity index (χ2v) is 22.9. The van der Waals surface area contributed by atoms with Gasteiger partial charge in [0.25, 0.3) is 0 Å². The molecule has 2 aliphatic rings. The van der Waals surface area contributed by atoms with Gasteiger partial charge in [-0.1, -0.05) is 77.6 Å². The van der Waals surface area contributed by atoms with Gasteiger partial charge in [0.15, 0.2) is 0 Å². The van der Waals surface area contributed by atoms with Crippen molar-refractivity contribution in [1.82, 2.24) is 9.13 Å². The van der Waals surface area contributed by atoms with Gasteiger partial charge in [-0.05, 0) is 39.3 Å². The molecule has 0 radical (unpaired) electrons. The van der Waals surface area contributed by atoms with E-state index in [1.165, 1.54) is 51.4 Å². The normalized spacial score (nSPS) is 17.9. The van der Waals surface area contributed by atoms with Gasteiger partial charge in [0.1, 0.15) is 16.5 Å². The van der Waals surface area contributed by atoms with E-state index in [1.54, 1.807) is 0 Å². The fourth-order valence-electron chi connectivity index (χ4n) is 3.99. The fourth-order valence-corrected chi connectivity index (χ4v) is 9.10. The summed E-state index contributed by atoms with van der Waals surface area (Å²) in [7, 11) is 16.9. The average Bonchev–Trinajstić information content (AvgIpc) is 3.22. The van der Waals surface area contributed by atoms with Gasteiger partial charge in [0.05, 0.1) is 0 Å². The molecule has 0 aromatic carbocycles. The number of halogens is 2. The predicted octanol–water partition coefficient (Wildman–Crippen LogP) is 7.67. The molecule has 0 spiro atoms. The van der Waals surface area contributed by atoms with E-state index in [4.69, 9.17) is 17.0 Å². The van der Waals surface area contributed by atoms with Crippen LogP contribution >= 0.6 is 17.0 Å². The number of hydrogen-bond acceptors (Lipinski definition) is 2. The maximum absolute atomic E-state index is 4.93. The van der Waals surface area contributed by atoms with Crippen LogP contribution < -0.4 is 0 Å². The SMILES string of the molecule is CN(C)[Si](C)(C)C1CCCC1.CN(C)[Si](C)(C)C1CCCC1.[CH3-].[CH3-].[Cl][Zr+2][Cl]. The molecule has 2 rings (SSSR count). The Kier molecular flexibility index (Phi) is 20.4. The van der Waals surface area contributed by atoms with Crippen LogP contribution in [0.15, 0.2) is 0 Å². The summed E-state index contributed by atoms with van der Waals surface area (Å²) in [5, 5.41) is 0. The second kappa shape index (κ2) is 16.5. The van der Waals surface area contributed by atoms with Crippen molar-refractivity contribution in [1.29, 1.82) is 0 Å². The van der Waals surface area contributed by atoms with Crippen LogP contribution in [-0.2, 0) is 20.8 Å². The van der Waals surface area contributed by atoms with Gasteiger partial charge >= 0.3 is 37.9 Å². The molecular weight excluding hydrogens is 487 g/mol. The molecular formula is C20H48Cl2N2Si2Zr. The zero-order chi connectivity index (χ0) is 19.7. The van der Waals surface area contributed by atoms with Gasteiger partial charge in [-0.3, -0.25) is 0 Å². The van der Waals surface area contributed by atoms with Gasteiger partial charge in [-0.2, -0.15) is 0 Å². The van der Waals surface area contributed by atoms with Crippen LogP contribution in [0.4, 0.5) is 0 Å². The predicted molar refractivity (Wildman–Crippen MR) is 131 cm³/mol. The molecule has 0 bridgehead atoms. The first-order valence-corrected chi connectivity index (χ1v) is 22.2. The van der Waals surface area contributed by atoms with Crippen molar-refractivity contribution in [3.8, 4) is 0 Å². The summed E-state index contributed by atoms with van der Waals surface area (Å²) in [5.41, 5.74) is 2.13. The topological polar surface area (TPSA) is 6.48 Å². The third-order valence-electron chi connectivity index (χ3n) is 7.01. The number of rotatable bonds is 4. The van der Waals surface area contributed by atoms with Crippen LogP contribution in [0, 0.1) is 14.9 Å². The molecule has 2 nitrogen and oxygen atoms in total. The third kappa shape index (κ3) is 11.7. The zero-order valence-corrected chi connectivity index (χ0v) is 25.9. The maximum atomic E-state index is 4.93. The fraction of sp³-hybridized carbons (Fsp3) is 0.900. The van der Waals surface area contributed by atoms with Crippen LogP contribution in [0.2, 0.25) is 37.3 Å². The molecule has 0 aromatic rings. The van der Waals surface area contributed by atoms with E-state index in [1.807, 2.05) is 0 Å². The van der Waals surface area contributed by atoms with E-state index < -0.39 is 37.3 Å². The molecule has 0 atom stereocenters. The van der Waals surface area contributed by atoms with Crippen molar-refractivity contribution < 1.29 is 20.8 Å². The standard InChI is InChI=1S/2C9H21NSi.2CH3.2ClH.Zr/c2*1-10(2)11(3,4)9-7-5-6-8-9;;;;;/h2*9H,5-8H2,1-4H3;2*1H3;2*1H;/q;;2*-1;;;+4/p-2. The Bertz CT molecular complexity index is 313. The molecule has 2 saturated carbocycles. The summed E-state index contributed by atoms with van der Waals surface area (Å²) < 4.78 is 5.01. The van der Waals surface area contributed by atoms with E-state index in [0.717, 1.165) is 11.1 Å². The van der Waals surface area contributed by atoms with Gasteiger partial charge in [-0.25, -0.2) is 0 Å². The Morgan fingerprint density at radius 3 is 0.963 bits per heavy atom. The minimum atomic E-state index is -1.01. The van der Waals surface area contributed by atoms with Crippen LogP contribution in [0.3, 0.4) is 0 Å². The van der Waals surface area contributed by atoms with Crippen LogP contribution in [-0.4, -0.2) is 53.8 Å². The molecule has 0 N–H and O–H groups in total. The van der Waals surface area contributed by atoms with E-state index in [0.29, 0.717) is 0 Å². The molecule has 2 fully saturated rings. The van der Waals surface area contributed by atoms with E-state index in [2.05, 4.69) is 63.5 Å². The first-order chi connectivity index (χ1) is 11.5. The minimum absolute atomic E-state index is 0. The zero-order valence-electron chi connectivity index (χ0n) is 20.0. The molecule has 2 aliphatic carbocycles. The molecule has 27 heavy (non-hydrogen) atoms. The van der Waals surface area contributed by atoms with Gasteiger partial charge in [0.2, 0.25) is 0 Å². The Balaban J connectivity index is -0.000000350. The summed E-state index contributed by atoms with van der Waals surface area (Å²) >= 11 is -0.826. The molecule has 0 aromatic heterocycles. The monoisotopic (exact) mass is 532 g/mol. The van der Waals surface area contributed by atoms with Crippen molar-refractivity contribution in [3.05, 3.63) is 14.9 Å². The van der Waals surface area contributed by atoms with Crippen LogP contribution in [0.25, 0.3) is 0 Å². The van der Waals surface area contributed by atoms with E-state index >= 15 is 0 Å². The van der Waals surface area contributed by atoms with Crippen molar-refractivity contribution in [2.24, 2.45) is 0 Å². The Morgan fingerprint density at radius 1 is 0.630 bits per heavy atom. The van der Waals surface area contributed by atoms with Crippen molar-refractivity contribution in [2.45, 2.75) is 88.6 Å². The second-order valence-electron chi connectivity index (χ2n) is 9.13. The van der Waals surface area contributed by atoms with Gasteiger partial charge in [-0.15, -0.1) is 0 Å². The van der Waals surface area contributed by atoms with Gasteiger partial charge in [0, 0.05) is 0 Å². The summed E-state index contributed by atoms with van der Waals surface area (Å²) in [6, 6.07) is 0.